The second kappa shape index (κ2) is 2.94. The standard InChI is InChI=1S/C6H10N2S/c1-5(7-2)6-8-3-4-9-6/h3-5,7H,1-2H3. The lowest BCUT2D eigenvalue weighted by molar-refractivity contribution is 0.647. The van der Waals surface area contributed by atoms with Crippen molar-refractivity contribution in [2.45, 2.75) is 13.0 Å². The maximum atomic E-state index is 4.14. The molecule has 1 aromatic rings. The Labute approximate surface area is 58.9 Å². The van der Waals surface area contributed by atoms with Gasteiger partial charge in [-0.1, -0.05) is 0 Å². The highest BCUT2D eigenvalue weighted by Gasteiger charge is 2.02. The van der Waals surface area contributed by atoms with Crippen molar-refractivity contribution in [3.63, 3.8) is 0 Å². The summed E-state index contributed by atoms with van der Waals surface area (Å²) in [5.74, 6) is 0. The summed E-state index contributed by atoms with van der Waals surface area (Å²) in [7, 11) is 1.94. The minimum absolute atomic E-state index is 0.394. The van der Waals surface area contributed by atoms with E-state index in [2.05, 4.69) is 17.2 Å². The van der Waals surface area contributed by atoms with E-state index in [4.69, 9.17) is 0 Å². The topological polar surface area (TPSA) is 24.9 Å². The van der Waals surface area contributed by atoms with Gasteiger partial charge in [0.25, 0.3) is 0 Å². The minimum atomic E-state index is 0.394. The Kier molecular flexibility index (Phi) is 2.19. The number of thiazole rings is 1. The first-order valence-corrected chi connectivity index (χ1v) is 3.79. The maximum absolute atomic E-state index is 4.14. The molecule has 1 aromatic heterocycles. The summed E-state index contributed by atoms with van der Waals surface area (Å²) in [4.78, 5) is 4.14. The smallest absolute Gasteiger partial charge is 0.109 e. The van der Waals surface area contributed by atoms with Crippen LogP contribution in [0.25, 0.3) is 0 Å². The molecule has 0 aromatic carbocycles. The maximum Gasteiger partial charge on any atom is 0.109 e. The Morgan fingerprint density at radius 2 is 2.56 bits per heavy atom. The fourth-order valence-electron chi connectivity index (χ4n) is 0.572. The van der Waals surface area contributed by atoms with Crippen molar-refractivity contribution in [2.24, 2.45) is 0 Å². The van der Waals surface area contributed by atoms with Gasteiger partial charge in [-0.3, -0.25) is 0 Å². The molecule has 0 saturated heterocycles. The Balaban J connectivity index is 2.65. The Bertz CT molecular complexity index is 160. The molecule has 1 heterocycles. The van der Waals surface area contributed by atoms with E-state index in [1.807, 2.05) is 18.6 Å². The largest absolute Gasteiger partial charge is 0.311 e. The van der Waals surface area contributed by atoms with Crippen molar-refractivity contribution in [1.82, 2.24) is 10.3 Å². The molecule has 0 saturated carbocycles. The van der Waals surface area contributed by atoms with Crippen LogP contribution in [0.2, 0.25) is 0 Å². The first-order valence-electron chi connectivity index (χ1n) is 2.91. The van der Waals surface area contributed by atoms with E-state index < -0.39 is 0 Å². The molecule has 0 bridgehead atoms. The molecular weight excluding hydrogens is 132 g/mol. The quantitative estimate of drug-likeness (QED) is 0.675. The van der Waals surface area contributed by atoms with Gasteiger partial charge in [-0.2, -0.15) is 0 Å². The van der Waals surface area contributed by atoms with Gasteiger partial charge in [-0.15, -0.1) is 11.3 Å². The van der Waals surface area contributed by atoms with Crippen LogP contribution in [0.3, 0.4) is 0 Å². The molecule has 9 heavy (non-hydrogen) atoms. The van der Waals surface area contributed by atoms with Crippen molar-refractivity contribution in [1.29, 1.82) is 0 Å². The number of aromatic nitrogens is 1. The van der Waals surface area contributed by atoms with Gasteiger partial charge >= 0.3 is 0 Å². The highest BCUT2D eigenvalue weighted by Crippen LogP contribution is 2.13. The van der Waals surface area contributed by atoms with E-state index in [9.17, 15) is 0 Å². The molecule has 0 aliphatic heterocycles. The molecule has 50 valence electrons. The van der Waals surface area contributed by atoms with Crippen molar-refractivity contribution in [3.8, 4) is 0 Å². The molecule has 0 amide bonds. The van der Waals surface area contributed by atoms with Gasteiger partial charge in [0, 0.05) is 11.6 Å². The second-order valence-electron chi connectivity index (χ2n) is 1.88. The van der Waals surface area contributed by atoms with E-state index in [0.29, 0.717) is 6.04 Å². The number of nitrogens with zero attached hydrogens (tertiary/aromatic N) is 1. The molecule has 0 spiro atoms. The molecule has 1 rings (SSSR count). The first kappa shape index (κ1) is 6.71. The predicted molar refractivity (Wildman–Crippen MR) is 39.6 cm³/mol. The third kappa shape index (κ3) is 1.50. The van der Waals surface area contributed by atoms with Gasteiger partial charge in [0.1, 0.15) is 5.01 Å². The van der Waals surface area contributed by atoms with E-state index in [-0.39, 0.29) is 0 Å². The molecule has 3 heteroatoms. The SMILES string of the molecule is CNC(C)c1nccs1. The summed E-state index contributed by atoms with van der Waals surface area (Å²) in [5, 5.41) is 6.25. The van der Waals surface area contributed by atoms with E-state index in [1.165, 1.54) is 0 Å². The van der Waals surface area contributed by atoms with Gasteiger partial charge in [-0.05, 0) is 14.0 Å². The highest BCUT2D eigenvalue weighted by molar-refractivity contribution is 7.09. The lowest BCUT2D eigenvalue weighted by Crippen LogP contribution is -2.11. The van der Waals surface area contributed by atoms with Crippen LogP contribution >= 0.6 is 11.3 Å². The number of hydrogen-bond acceptors (Lipinski definition) is 3. The van der Waals surface area contributed by atoms with Crippen LogP contribution in [-0.4, -0.2) is 12.0 Å². The Morgan fingerprint density at radius 1 is 1.78 bits per heavy atom. The molecular formula is C6H10N2S. The van der Waals surface area contributed by atoms with Crippen LogP contribution in [-0.2, 0) is 0 Å². The molecule has 0 fully saturated rings. The first-order chi connectivity index (χ1) is 4.34. The van der Waals surface area contributed by atoms with Crippen LogP contribution < -0.4 is 5.32 Å². The summed E-state index contributed by atoms with van der Waals surface area (Å²) in [5.41, 5.74) is 0. The van der Waals surface area contributed by atoms with Crippen LogP contribution in [0.15, 0.2) is 11.6 Å². The summed E-state index contributed by atoms with van der Waals surface area (Å²) < 4.78 is 0. The van der Waals surface area contributed by atoms with Crippen molar-refractivity contribution in [2.75, 3.05) is 7.05 Å². The predicted octanol–water partition coefficient (Wildman–Crippen LogP) is 1.42. The number of rotatable bonds is 2. The fourth-order valence-corrected chi connectivity index (χ4v) is 1.28. The zero-order chi connectivity index (χ0) is 6.69. The second-order valence-corrected chi connectivity index (χ2v) is 2.81. The van der Waals surface area contributed by atoms with Crippen molar-refractivity contribution in [3.05, 3.63) is 16.6 Å². The lowest BCUT2D eigenvalue weighted by atomic mass is 10.4. The molecule has 2 nitrogen and oxygen atoms in total. The molecule has 0 aliphatic carbocycles. The van der Waals surface area contributed by atoms with Gasteiger partial charge in [0.15, 0.2) is 0 Å². The average Bonchev–Trinajstić information content (AvgIpc) is 2.37. The van der Waals surface area contributed by atoms with Gasteiger partial charge in [0.05, 0.1) is 6.04 Å². The summed E-state index contributed by atoms with van der Waals surface area (Å²) in [6.45, 7) is 2.10. The number of nitrogens with one attached hydrogen (secondary N) is 1. The van der Waals surface area contributed by atoms with E-state index >= 15 is 0 Å². The average molecular weight is 142 g/mol. The van der Waals surface area contributed by atoms with Gasteiger partial charge in [0.2, 0.25) is 0 Å². The fraction of sp³-hybridized carbons (Fsp3) is 0.500. The number of hydrogen-bond donors (Lipinski definition) is 1. The normalized spacial score (nSPS) is 13.6. The van der Waals surface area contributed by atoms with Crippen molar-refractivity contribution >= 4 is 11.3 Å². The molecule has 0 radical (unpaired) electrons. The van der Waals surface area contributed by atoms with Crippen LogP contribution in [0, 0.1) is 0 Å². The van der Waals surface area contributed by atoms with Crippen LogP contribution in [0.1, 0.15) is 18.0 Å². The Hall–Kier alpha value is -0.410. The van der Waals surface area contributed by atoms with E-state index in [1.54, 1.807) is 11.3 Å². The summed E-state index contributed by atoms with van der Waals surface area (Å²) in [6, 6.07) is 0.394. The third-order valence-electron chi connectivity index (χ3n) is 1.25. The lowest BCUT2D eigenvalue weighted by Gasteiger charge is -2.03. The molecule has 1 atom stereocenters. The zero-order valence-electron chi connectivity index (χ0n) is 5.59. The molecule has 0 aliphatic rings. The highest BCUT2D eigenvalue weighted by atomic mass is 32.1. The van der Waals surface area contributed by atoms with E-state index in [0.717, 1.165) is 5.01 Å². The van der Waals surface area contributed by atoms with Gasteiger partial charge in [-0.25, -0.2) is 4.98 Å². The molecule has 1 N–H and O–H groups in total. The zero-order valence-corrected chi connectivity index (χ0v) is 6.40. The molecule has 1 unspecified atom stereocenters. The third-order valence-corrected chi connectivity index (χ3v) is 2.21. The summed E-state index contributed by atoms with van der Waals surface area (Å²) in [6.07, 6.45) is 1.83. The Morgan fingerprint density at radius 3 is 3.00 bits per heavy atom. The van der Waals surface area contributed by atoms with Crippen molar-refractivity contribution < 1.29 is 0 Å². The minimum Gasteiger partial charge on any atom is -0.311 e. The van der Waals surface area contributed by atoms with Gasteiger partial charge < -0.3 is 5.32 Å². The van der Waals surface area contributed by atoms with Crippen LogP contribution in [0.5, 0.6) is 0 Å². The van der Waals surface area contributed by atoms with Crippen LogP contribution in [0.4, 0.5) is 0 Å². The monoisotopic (exact) mass is 142 g/mol. The summed E-state index contributed by atoms with van der Waals surface area (Å²) >= 11 is 1.68.